The highest BCUT2D eigenvalue weighted by molar-refractivity contribution is 5.96. The number of hydrogen-bond donors (Lipinski definition) is 1. The lowest BCUT2D eigenvalue weighted by molar-refractivity contribution is 0.0954. The second-order valence-corrected chi connectivity index (χ2v) is 6.07. The fourth-order valence-corrected chi connectivity index (χ4v) is 3.26. The van der Waals surface area contributed by atoms with Crippen molar-refractivity contribution in [3.63, 3.8) is 0 Å². The molecule has 2 aliphatic carbocycles. The second-order valence-electron chi connectivity index (χ2n) is 6.07. The molecule has 0 radical (unpaired) electrons. The molecule has 106 valence electrons. The molecule has 0 saturated heterocycles. The zero-order chi connectivity index (χ0) is 14.1. The van der Waals surface area contributed by atoms with Gasteiger partial charge in [0.2, 0.25) is 0 Å². The highest BCUT2D eigenvalue weighted by Crippen LogP contribution is 2.42. The zero-order valence-corrected chi connectivity index (χ0v) is 12.1. The van der Waals surface area contributed by atoms with Crippen molar-refractivity contribution in [1.82, 2.24) is 5.43 Å². The van der Waals surface area contributed by atoms with Crippen LogP contribution in [0.15, 0.2) is 29.4 Å². The van der Waals surface area contributed by atoms with Crippen molar-refractivity contribution in [3.05, 3.63) is 29.8 Å². The Hall–Kier alpha value is -1.84. The summed E-state index contributed by atoms with van der Waals surface area (Å²) in [5, 5.41) is 4.35. The lowest BCUT2D eigenvalue weighted by atomic mass is 9.99. The second kappa shape index (κ2) is 5.27. The first-order valence-electron chi connectivity index (χ1n) is 7.27. The van der Waals surface area contributed by atoms with Gasteiger partial charge in [-0.05, 0) is 61.8 Å². The number of nitrogens with one attached hydrogen (secondary N) is 1. The summed E-state index contributed by atoms with van der Waals surface area (Å²) in [6.45, 7) is 0. The number of carbonyl (C=O) groups is 1. The Kier molecular flexibility index (Phi) is 3.47. The molecule has 4 nitrogen and oxygen atoms in total. The Morgan fingerprint density at radius 1 is 1.25 bits per heavy atom. The number of amides is 1. The Bertz CT molecular complexity index is 533. The standard InChI is InChI=1S/C16H21N3O/c1-19(2)14-7-5-12(6-8-14)16(20)18-17-15-10-11-3-4-13(15)9-11/h5-8,11,13H,3-4,9-10H2,1-2H3,(H,18,20)/b17-15+/t11-,13-/m0/s1. The third-order valence-electron chi connectivity index (χ3n) is 4.46. The molecule has 0 aliphatic heterocycles. The van der Waals surface area contributed by atoms with Gasteiger partial charge in [0.05, 0.1) is 0 Å². The summed E-state index contributed by atoms with van der Waals surface area (Å²) in [5.41, 5.74) is 5.64. The maximum atomic E-state index is 12.1. The monoisotopic (exact) mass is 271 g/mol. The highest BCUT2D eigenvalue weighted by atomic mass is 16.2. The molecule has 20 heavy (non-hydrogen) atoms. The molecule has 2 saturated carbocycles. The van der Waals surface area contributed by atoms with Gasteiger partial charge in [-0.3, -0.25) is 4.79 Å². The van der Waals surface area contributed by atoms with Crippen molar-refractivity contribution in [2.45, 2.75) is 25.7 Å². The van der Waals surface area contributed by atoms with Gasteiger partial charge in [0.25, 0.3) is 5.91 Å². The zero-order valence-electron chi connectivity index (χ0n) is 12.1. The van der Waals surface area contributed by atoms with E-state index in [1.807, 2.05) is 43.3 Å². The summed E-state index contributed by atoms with van der Waals surface area (Å²) in [7, 11) is 3.96. The lowest BCUT2D eigenvalue weighted by Crippen LogP contribution is -2.22. The van der Waals surface area contributed by atoms with Crippen LogP contribution in [0, 0.1) is 11.8 Å². The van der Waals surface area contributed by atoms with Crippen molar-refractivity contribution in [2.24, 2.45) is 16.9 Å². The maximum absolute atomic E-state index is 12.1. The van der Waals surface area contributed by atoms with Gasteiger partial charge in [0, 0.05) is 31.1 Å². The summed E-state index contributed by atoms with van der Waals surface area (Å²) >= 11 is 0. The molecule has 2 atom stereocenters. The summed E-state index contributed by atoms with van der Waals surface area (Å²) < 4.78 is 0. The van der Waals surface area contributed by atoms with Crippen molar-refractivity contribution in [1.29, 1.82) is 0 Å². The third kappa shape index (κ3) is 2.55. The van der Waals surface area contributed by atoms with Crippen molar-refractivity contribution in [3.8, 4) is 0 Å². The number of hydrazone groups is 1. The molecule has 4 heteroatoms. The van der Waals surface area contributed by atoms with Crippen LogP contribution >= 0.6 is 0 Å². The first-order chi connectivity index (χ1) is 9.63. The van der Waals surface area contributed by atoms with E-state index in [0.29, 0.717) is 11.5 Å². The molecule has 2 fully saturated rings. The number of anilines is 1. The molecule has 1 amide bonds. The van der Waals surface area contributed by atoms with Crippen molar-refractivity contribution >= 4 is 17.3 Å². The third-order valence-corrected chi connectivity index (χ3v) is 4.46. The fourth-order valence-electron chi connectivity index (χ4n) is 3.26. The maximum Gasteiger partial charge on any atom is 0.271 e. The molecule has 1 aromatic carbocycles. The molecule has 2 aliphatic rings. The van der Waals surface area contributed by atoms with Gasteiger partial charge in [0.15, 0.2) is 0 Å². The molecule has 2 bridgehead atoms. The fraction of sp³-hybridized carbons (Fsp3) is 0.500. The van der Waals surface area contributed by atoms with Crippen LogP contribution < -0.4 is 10.3 Å². The molecular formula is C16H21N3O. The first-order valence-corrected chi connectivity index (χ1v) is 7.27. The minimum atomic E-state index is -0.120. The molecular weight excluding hydrogens is 250 g/mol. The number of benzene rings is 1. The van der Waals surface area contributed by atoms with Gasteiger partial charge in [0.1, 0.15) is 0 Å². The van der Waals surface area contributed by atoms with Gasteiger partial charge >= 0.3 is 0 Å². The minimum Gasteiger partial charge on any atom is -0.378 e. The Morgan fingerprint density at radius 3 is 2.55 bits per heavy atom. The molecule has 1 aromatic rings. The van der Waals surface area contributed by atoms with Crippen molar-refractivity contribution < 1.29 is 4.79 Å². The average molecular weight is 271 g/mol. The number of rotatable bonds is 3. The summed E-state index contributed by atoms with van der Waals surface area (Å²) in [6.07, 6.45) is 4.93. The molecule has 0 spiro atoms. The summed E-state index contributed by atoms with van der Waals surface area (Å²) in [6, 6.07) is 7.57. The number of hydrogen-bond acceptors (Lipinski definition) is 3. The molecule has 0 unspecified atom stereocenters. The van der Waals surface area contributed by atoms with E-state index in [1.165, 1.54) is 25.0 Å². The Labute approximate surface area is 119 Å². The van der Waals surface area contributed by atoms with E-state index in [2.05, 4.69) is 10.5 Å². The number of nitrogens with zero attached hydrogens (tertiary/aromatic N) is 2. The molecule has 1 N–H and O–H groups in total. The van der Waals surface area contributed by atoms with Crippen LogP contribution in [0.3, 0.4) is 0 Å². The average Bonchev–Trinajstić information content (AvgIpc) is 3.07. The van der Waals surface area contributed by atoms with E-state index in [9.17, 15) is 4.79 Å². The normalized spacial score (nSPS) is 26.0. The Balaban J connectivity index is 1.63. The van der Waals surface area contributed by atoms with Gasteiger partial charge < -0.3 is 4.90 Å². The SMILES string of the molecule is CN(C)c1ccc(C(=O)N/N=C2\C[C@H]3CC[C@H]2C3)cc1. The van der Waals surface area contributed by atoms with Gasteiger partial charge in [-0.25, -0.2) is 5.43 Å². The topological polar surface area (TPSA) is 44.7 Å². The minimum absolute atomic E-state index is 0.120. The van der Waals surface area contributed by atoms with Crippen LogP contribution in [0.4, 0.5) is 5.69 Å². The molecule has 0 heterocycles. The van der Waals surface area contributed by atoms with Crippen LogP contribution in [0.1, 0.15) is 36.0 Å². The highest BCUT2D eigenvalue weighted by Gasteiger charge is 2.36. The van der Waals surface area contributed by atoms with Crippen LogP contribution in [-0.2, 0) is 0 Å². The summed E-state index contributed by atoms with van der Waals surface area (Å²) in [5.74, 6) is 1.32. The van der Waals surface area contributed by atoms with Crippen LogP contribution in [-0.4, -0.2) is 25.7 Å². The van der Waals surface area contributed by atoms with Crippen molar-refractivity contribution in [2.75, 3.05) is 19.0 Å². The van der Waals surface area contributed by atoms with Gasteiger partial charge in [-0.1, -0.05) is 0 Å². The van der Waals surface area contributed by atoms with Crippen LogP contribution in [0.25, 0.3) is 0 Å². The largest absolute Gasteiger partial charge is 0.378 e. The summed E-state index contributed by atoms with van der Waals surface area (Å²) in [4.78, 5) is 14.1. The van der Waals surface area contributed by atoms with Gasteiger partial charge in [-0.15, -0.1) is 0 Å². The quantitative estimate of drug-likeness (QED) is 0.859. The van der Waals surface area contributed by atoms with Crippen LogP contribution in [0.5, 0.6) is 0 Å². The predicted molar refractivity (Wildman–Crippen MR) is 81.1 cm³/mol. The van der Waals surface area contributed by atoms with E-state index < -0.39 is 0 Å². The van der Waals surface area contributed by atoms with E-state index in [-0.39, 0.29) is 5.91 Å². The molecule has 3 rings (SSSR count). The number of carbonyl (C=O) groups excluding carboxylic acids is 1. The Morgan fingerprint density at radius 2 is 2.00 bits per heavy atom. The molecule has 0 aromatic heterocycles. The van der Waals surface area contributed by atoms with E-state index in [0.717, 1.165) is 18.0 Å². The predicted octanol–water partition coefficient (Wildman–Crippen LogP) is 2.66. The van der Waals surface area contributed by atoms with Gasteiger partial charge in [-0.2, -0.15) is 5.10 Å². The van der Waals surface area contributed by atoms with E-state index >= 15 is 0 Å². The first kappa shape index (κ1) is 13.2. The van der Waals surface area contributed by atoms with E-state index in [1.54, 1.807) is 0 Å². The van der Waals surface area contributed by atoms with Crippen LogP contribution in [0.2, 0.25) is 0 Å². The lowest BCUT2D eigenvalue weighted by Gasteiger charge is -2.13. The van der Waals surface area contributed by atoms with E-state index in [4.69, 9.17) is 0 Å². The smallest absolute Gasteiger partial charge is 0.271 e. The number of fused-ring (bicyclic) bond motifs is 2.